The molecule has 0 radical (unpaired) electrons. The van der Waals surface area contributed by atoms with Crippen molar-refractivity contribution in [2.24, 2.45) is 11.7 Å². The van der Waals surface area contributed by atoms with Crippen LogP contribution >= 0.6 is 11.6 Å². The second-order valence-corrected chi connectivity index (χ2v) is 7.93. The monoisotopic (exact) mass is 425 g/mol. The first-order chi connectivity index (χ1) is 13.7. The number of aromatic nitrogens is 1. The Morgan fingerprint density at radius 1 is 1.28 bits per heavy atom. The van der Waals surface area contributed by atoms with E-state index in [1.165, 1.54) is 0 Å². The Bertz CT molecular complexity index is 893. The van der Waals surface area contributed by atoms with E-state index in [4.69, 9.17) is 17.3 Å². The average Bonchev–Trinajstić information content (AvgIpc) is 2.67. The highest BCUT2D eigenvalue weighted by Gasteiger charge is 2.34. The minimum Gasteiger partial charge on any atom is -0.370 e. The quantitative estimate of drug-likeness (QED) is 0.660. The Labute approximate surface area is 172 Å². The minimum atomic E-state index is -4.56. The van der Waals surface area contributed by atoms with Crippen molar-refractivity contribution in [3.8, 4) is 0 Å². The van der Waals surface area contributed by atoms with Crippen molar-refractivity contribution in [1.29, 1.82) is 0 Å². The van der Waals surface area contributed by atoms with Gasteiger partial charge < -0.3 is 11.1 Å². The van der Waals surface area contributed by atoms with Crippen LogP contribution in [-0.2, 0) is 6.18 Å². The number of halogens is 4. The molecule has 1 fully saturated rings. The van der Waals surface area contributed by atoms with Crippen LogP contribution in [0.3, 0.4) is 0 Å². The zero-order chi connectivity index (χ0) is 21.2. The van der Waals surface area contributed by atoms with E-state index in [1.54, 1.807) is 6.20 Å². The van der Waals surface area contributed by atoms with E-state index in [9.17, 15) is 18.0 Å². The van der Waals surface area contributed by atoms with E-state index < -0.39 is 17.6 Å². The van der Waals surface area contributed by atoms with E-state index in [0.717, 1.165) is 42.9 Å². The molecule has 0 saturated heterocycles. The molecule has 2 aromatic rings. The average molecular weight is 426 g/mol. The second kappa shape index (κ2) is 8.61. The number of hydrogen-bond donors (Lipinski definition) is 2. The molecule has 0 bridgehead atoms. The highest BCUT2D eigenvalue weighted by molar-refractivity contribution is 6.34. The molecule has 0 aliphatic heterocycles. The molecular formula is C21H23ClF3N3O. The van der Waals surface area contributed by atoms with Gasteiger partial charge in [-0.2, -0.15) is 13.2 Å². The van der Waals surface area contributed by atoms with Gasteiger partial charge in [-0.15, -0.1) is 0 Å². The van der Waals surface area contributed by atoms with Gasteiger partial charge in [-0.25, -0.2) is 4.98 Å². The third-order valence-corrected chi connectivity index (χ3v) is 5.97. The molecule has 3 rings (SSSR count). The van der Waals surface area contributed by atoms with Gasteiger partial charge in [0.1, 0.15) is 5.82 Å². The molecule has 4 nitrogen and oxygen atoms in total. The fourth-order valence-electron chi connectivity index (χ4n) is 3.88. The number of rotatable bonds is 5. The number of amides is 1. The molecule has 29 heavy (non-hydrogen) atoms. The van der Waals surface area contributed by atoms with Gasteiger partial charge in [0.25, 0.3) is 0 Å². The number of nitrogens with zero attached hydrogens (tertiary/aromatic N) is 1. The molecule has 0 atom stereocenters. The maximum atomic E-state index is 13.3. The lowest BCUT2D eigenvalue weighted by Crippen LogP contribution is -2.22. The number of anilines is 1. The van der Waals surface area contributed by atoms with Crippen molar-refractivity contribution < 1.29 is 18.0 Å². The maximum absolute atomic E-state index is 13.3. The highest BCUT2D eigenvalue weighted by Crippen LogP contribution is 2.42. The number of pyridine rings is 1. The molecule has 1 aliphatic carbocycles. The summed E-state index contributed by atoms with van der Waals surface area (Å²) in [5, 5.41) is 3.39. The van der Waals surface area contributed by atoms with Crippen LogP contribution in [0.15, 0.2) is 30.5 Å². The molecule has 1 aromatic heterocycles. The van der Waals surface area contributed by atoms with E-state index in [1.807, 2.05) is 19.1 Å². The minimum absolute atomic E-state index is 0.0381. The number of carbonyl (C=O) groups is 1. The Hall–Kier alpha value is -2.28. The normalized spacial score (nSPS) is 19.8. The van der Waals surface area contributed by atoms with Gasteiger partial charge in [-0.3, -0.25) is 4.79 Å². The Morgan fingerprint density at radius 3 is 2.55 bits per heavy atom. The van der Waals surface area contributed by atoms with Gasteiger partial charge >= 0.3 is 6.18 Å². The summed E-state index contributed by atoms with van der Waals surface area (Å²) >= 11 is 6.27. The standard InChI is InChI=1S/C21H23ClF3N3O/c1-12-3-2-8-27-20(12)28-11-13-4-6-14(7-5-13)16-9-15(21(23,24)25)10-17(18(16)22)19(26)29/h2-3,8-10,13-14H,4-7,11H2,1H3,(H2,26,29)(H,27,28). The molecule has 1 aliphatic rings. The van der Waals surface area contributed by atoms with Crippen molar-refractivity contribution in [3.05, 3.63) is 57.7 Å². The van der Waals surface area contributed by atoms with Gasteiger partial charge in [-0.1, -0.05) is 17.7 Å². The van der Waals surface area contributed by atoms with Crippen molar-refractivity contribution in [2.45, 2.75) is 44.7 Å². The summed E-state index contributed by atoms with van der Waals surface area (Å²) in [4.78, 5) is 15.9. The van der Waals surface area contributed by atoms with Crippen LogP contribution < -0.4 is 11.1 Å². The molecule has 8 heteroatoms. The predicted octanol–water partition coefficient (Wildman–Crippen LogP) is 5.55. The summed E-state index contributed by atoms with van der Waals surface area (Å²) in [7, 11) is 0. The van der Waals surface area contributed by atoms with E-state index >= 15 is 0 Å². The summed E-state index contributed by atoms with van der Waals surface area (Å²) in [6.07, 6.45) is 0.271. The van der Waals surface area contributed by atoms with Gasteiger partial charge in [0.2, 0.25) is 5.91 Å². The van der Waals surface area contributed by atoms with Crippen LogP contribution in [0.1, 0.15) is 58.6 Å². The first kappa shape index (κ1) is 21.4. The smallest absolute Gasteiger partial charge is 0.370 e. The van der Waals surface area contributed by atoms with Crippen LogP contribution in [-0.4, -0.2) is 17.4 Å². The third kappa shape index (κ3) is 5.01. The summed E-state index contributed by atoms with van der Waals surface area (Å²) in [6.45, 7) is 2.74. The van der Waals surface area contributed by atoms with Gasteiger partial charge in [0.05, 0.1) is 16.1 Å². The van der Waals surface area contributed by atoms with Crippen molar-refractivity contribution in [1.82, 2.24) is 4.98 Å². The van der Waals surface area contributed by atoms with Crippen LogP contribution in [0.5, 0.6) is 0 Å². The molecule has 156 valence electrons. The molecule has 0 unspecified atom stereocenters. The number of hydrogen-bond acceptors (Lipinski definition) is 3. The summed E-state index contributed by atoms with van der Waals surface area (Å²) in [5.41, 5.74) is 5.52. The van der Waals surface area contributed by atoms with Crippen molar-refractivity contribution in [2.75, 3.05) is 11.9 Å². The molecule has 3 N–H and O–H groups in total. The van der Waals surface area contributed by atoms with Gasteiger partial charge in [0.15, 0.2) is 0 Å². The van der Waals surface area contributed by atoms with Crippen LogP contribution in [0.2, 0.25) is 5.02 Å². The summed E-state index contributed by atoms with van der Waals surface area (Å²) in [5.74, 6) is 0.163. The second-order valence-electron chi connectivity index (χ2n) is 7.56. The number of primary amides is 1. The summed E-state index contributed by atoms with van der Waals surface area (Å²) < 4.78 is 39.8. The number of carbonyl (C=O) groups excluding carboxylic acids is 1. The van der Waals surface area contributed by atoms with Crippen LogP contribution in [0.4, 0.5) is 19.0 Å². The zero-order valence-corrected chi connectivity index (χ0v) is 16.8. The van der Waals surface area contributed by atoms with E-state index in [2.05, 4.69) is 10.3 Å². The molecule has 1 saturated carbocycles. The van der Waals surface area contributed by atoms with Crippen molar-refractivity contribution >= 4 is 23.3 Å². The maximum Gasteiger partial charge on any atom is 0.416 e. The molecule has 1 amide bonds. The SMILES string of the molecule is Cc1cccnc1NCC1CCC(c2cc(C(F)(F)F)cc(C(N)=O)c2Cl)CC1. The molecule has 1 aromatic carbocycles. The topological polar surface area (TPSA) is 68.0 Å². The number of benzene rings is 1. The predicted molar refractivity (Wildman–Crippen MR) is 107 cm³/mol. The fraction of sp³-hybridized carbons (Fsp3) is 0.429. The molecular weight excluding hydrogens is 403 g/mol. The highest BCUT2D eigenvalue weighted by atomic mass is 35.5. The Kier molecular flexibility index (Phi) is 6.36. The van der Waals surface area contributed by atoms with Gasteiger partial charge in [0, 0.05) is 12.7 Å². The molecule has 1 heterocycles. The largest absolute Gasteiger partial charge is 0.416 e. The van der Waals surface area contributed by atoms with E-state index in [0.29, 0.717) is 24.3 Å². The fourth-order valence-corrected chi connectivity index (χ4v) is 4.23. The molecule has 0 spiro atoms. The Morgan fingerprint density at radius 2 is 1.97 bits per heavy atom. The lowest BCUT2D eigenvalue weighted by Gasteiger charge is -2.30. The number of alkyl halides is 3. The van der Waals surface area contributed by atoms with Crippen LogP contribution in [0, 0.1) is 12.8 Å². The van der Waals surface area contributed by atoms with Crippen LogP contribution in [0.25, 0.3) is 0 Å². The lowest BCUT2D eigenvalue weighted by atomic mass is 9.78. The van der Waals surface area contributed by atoms with E-state index in [-0.39, 0.29) is 16.5 Å². The first-order valence-corrected chi connectivity index (χ1v) is 9.90. The van der Waals surface area contributed by atoms with Gasteiger partial charge in [-0.05, 0) is 73.8 Å². The Balaban J connectivity index is 1.71. The van der Waals surface area contributed by atoms with Crippen molar-refractivity contribution in [3.63, 3.8) is 0 Å². The number of aryl methyl sites for hydroxylation is 1. The third-order valence-electron chi connectivity index (χ3n) is 5.55. The number of nitrogens with one attached hydrogen (secondary N) is 1. The zero-order valence-electron chi connectivity index (χ0n) is 16.0. The number of nitrogens with two attached hydrogens (primary N) is 1. The summed E-state index contributed by atoms with van der Waals surface area (Å²) in [6, 6.07) is 5.66. The lowest BCUT2D eigenvalue weighted by molar-refractivity contribution is -0.137. The first-order valence-electron chi connectivity index (χ1n) is 9.52.